The monoisotopic (exact) mass is 474 g/mol. The minimum Gasteiger partial charge on any atom is -0.389 e. The molecule has 0 bridgehead atoms. The third-order valence-corrected chi connectivity index (χ3v) is 5.75. The van der Waals surface area contributed by atoms with Crippen molar-refractivity contribution >= 4 is 23.9 Å². The lowest BCUT2D eigenvalue weighted by Crippen LogP contribution is -2.19. The van der Waals surface area contributed by atoms with Crippen LogP contribution >= 0.6 is 0 Å². The van der Waals surface area contributed by atoms with E-state index >= 15 is 0 Å². The molecule has 0 N–H and O–H groups in total. The largest absolute Gasteiger partial charge is 0.389 e. The van der Waals surface area contributed by atoms with Crippen molar-refractivity contribution in [1.29, 1.82) is 0 Å². The maximum atomic E-state index is 12.5. The van der Waals surface area contributed by atoms with Crippen LogP contribution in [0.1, 0.15) is 137 Å². The van der Waals surface area contributed by atoms with Gasteiger partial charge in [-0.1, -0.05) is 103 Å². The van der Waals surface area contributed by atoms with Crippen LogP contribution in [0.15, 0.2) is 24.3 Å². The molecule has 1 aromatic rings. The average molecular weight is 475 g/mol. The van der Waals surface area contributed by atoms with E-state index in [0.717, 1.165) is 38.5 Å². The van der Waals surface area contributed by atoms with Gasteiger partial charge in [-0.25, -0.2) is 9.59 Å². The first-order valence-corrected chi connectivity index (χ1v) is 13.1. The van der Waals surface area contributed by atoms with E-state index in [0.29, 0.717) is 12.8 Å². The maximum Gasteiger partial charge on any atom is 0.346 e. The van der Waals surface area contributed by atoms with Crippen molar-refractivity contribution in [3.63, 3.8) is 0 Å². The zero-order valence-corrected chi connectivity index (χ0v) is 21.1. The van der Waals surface area contributed by atoms with Gasteiger partial charge in [-0.3, -0.25) is 9.59 Å². The first-order chi connectivity index (χ1) is 16.5. The topological polar surface area (TPSA) is 86.7 Å². The highest BCUT2D eigenvalue weighted by molar-refractivity contribution is 6.07. The van der Waals surface area contributed by atoms with Crippen LogP contribution in [-0.4, -0.2) is 23.9 Å². The first kappa shape index (κ1) is 29.5. The summed E-state index contributed by atoms with van der Waals surface area (Å²) in [5, 5.41) is 0. The number of rotatable bonds is 18. The molecule has 0 radical (unpaired) electrons. The molecule has 34 heavy (non-hydrogen) atoms. The molecule has 190 valence electrons. The normalized spacial score (nSPS) is 10.6. The van der Waals surface area contributed by atoms with E-state index in [1.54, 1.807) is 12.1 Å². The van der Waals surface area contributed by atoms with Gasteiger partial charge in [0, 0.05) is 12.8 Å². The Bertz CT molecular complexity index is 692. The van der Waals surface area contributed by atoms with Gasteiger partial charge in [0.15, 0.2) is 0 Å². The molecule has 0 aliphatic rings. The van der Waals surface area contributed by atoms with Gasteiger partial charge in [-0.15, -0.1) is 0 Å². The van der Waals surface area contributed by atoms with Gasteiger partial charge in [-0.05, 0) is 25.0 Å². The number of hydrogen-bond donors (Lipinski definition) is 0. The fourth-order valence-electron chi connectivity index (χ4n) is 3.71. The molecule has 0 aromatic heterocycles. The Balaban J connectivity index is 2.42. The van der Waals surface area contributed by atoms with Crippen LogP contribution in [0.25, 0.3) is 0 Å². The van der Waals surface area contributed by atoms with Gasteiger partial charge in [0.2, 0.25) is 0 Å². The highest BCUT2D eigenvalue weighted by atomic mass is 16.6. The summed E-state index contributed by atoms with van der Waals surface area (Å²) in [6.07, 6.45) is 15.1. The first-order valence-electron chi connectivity index (χ1n) is 13.1. The van der Waals surface area contributed by atoms with Gasteiger partial charge in [0.25, 0.3) is 0 Å². The molecule has 0 aliphatic heterocycles. The SMILES string of the molecule is CCCCCCCCCC(=O)OC(=O)c1ccccc1C(=O)OC(=O)CCCCCCCCC. The second-order valence-electron chi connectivity index (χ2n) is 8.81. The Morgan fingerprint density at radius 3 is 1.21 bits per heavy atom. The van der Waals surface area contributed by atoms with Crippen molar-refractivity contribution in [2.45, 2.75) is 117 Å². The third-order valence-electron chi connectivity index (χ3n) is 5.75. The number of carbonyl (C=O) groups excluding carboxylic acids is 4. The fraction of sp³-hybridized carbons (Fsp3) is 0.643. The molecule has 0 spiro atoms. The number of esters is 4. The van der Waals surface area contributed by atoms with Gasteiger partial charge in [0.1, 0.15) is 0 Å². The van der Waals surface area contributed by atoms with Crippen LogP contribution in [0, 0.1) is 0 Å². The van der Waals surface area contributed by atoms with Gasteiger partial charge < -0.3 is 9.47 Å². The van der Waals surface area contributed by atoms with Crippen LogP contribution in [0.4, 0.5) is 0 Å². The van der Waals surface area contributed by atoms with Crippen molar-refractivity contribution < 1.29 is 28.7 Å². The van der Waals surface area contributed by atoms with Crippen LogP contribution < -0.4 is 0 Å². The van der Waals surface area contributed by atoms with Crippen molar-refractivity contribution in [2.75, 3.05) is 0 Å². The van der Waals surface area contributed by atoms with E-state index in [-0.39, 0.29) is 24.0 Å². The van der Waals surface area contributed by atoms with Crippen LogP contribution in [0.2, 0.25) is 0 Å². The summed E-state index contributed by atoms with van der Waals surface area (Å²) < 4.78 is 9.85. The molecule has 0 unspecified atom stereocenters. The van der Waals surface area contributed by atoms with Crippen molar-refractivity contribution in [2.24, 2.45) is 0 Å². The summed E-state index contributed by atoms with van der Waals surface area (Å²) in [4.78, 5) is 49.0. The second kappa shape index (κ2) is 18.9. The van der Waals surface area contributed by atoms with Gasteiger partial charge >= 0.3 is 23.9 Å². The smallest absolute Gasteiger partial charge is 0.346 e. The number of hydrogen-bond acceptors (Lipinski definition) is 6. The predicted molar refractivity (Wildman–Crippen MR) is 133 cm³/mol. The molecule has 0 saturated heterocycles. The highest BCUT2D eigenvalue weighted by Crippen LogP contribution is 2.15. The standard InChI is InChI=1S/C28H42O6/c1-3-5-7-9-11-13-15-21-25(29)33-27(31)23-19-17-18-20-24(23)28(32)34-26(30)22-16-14-12-10-8-6-4-2/h17-20H,3-16,21-22H2,1-2H3. The predicted octanol–water partition coefficient (Wildman–Crippen LogP) is 7.33. The lowest BCUT2D eigenvalue weighted by Gasteiger charge is -2.08. The zero-order valence-electron chi connectivity index (χ0n) is 21.1. The summed E-state index contributed by atoms with van der Waals surface area (Å²) in [7, 11) is 0. The molecule has 0 saturated carbocycles. The average Bonchev–Trinajstić information content (AvgIpc) is 2.82. The molecule has 1 aromatic carbocycles. The van der Waals surface area contributed by atoms with E-state index in [4.69, 9.17) is 9.47 Å². The van der Waals surface area contributed by atoms with Crippen LogP contribution in [0.5, 0.6) is 0 Å². The van der Waals surface area contributed by atoms with Gasteiger partial charge in [0.05, 0.1) is 11.1 Å². The summed E-state index contributed by atoms with van der Waals surface area (Å²) in [5.41, 5.74) is -0.159. The van der Waals surface area contributed by atoms with Crippen molar-refractivity contribution in [3.8, 4) is 0 Å². The molecule has 0 heterocycles. The highest BCUT2D eigenvalue weighted by Gasteiger charge is 2.22. The number of carbonyl (C=O) groups is 4. The zero-order chi connectivity index (χ0) is 25.0. The Kier molecular flexibility index (Phi) is 16.4. The van der Waals surface area contributed by atoms with Crippen molar-refractivity contribution in [1.82, 2.24) is 0 Å². The van der Waals surface area contributed by atoms with E-state index in [1.165, 1.54) is 50.7 Å². The molecule has 1 rings (SSSR count). The number of benzene rings is 1. The Morgan fingerprint density at radius 2 is 0.853 bits per heavy atom. The van der Waals surface area contributed by atoms with E-state index in [2.05, 4.69) is 13.8 Å². The molecule has 0 aliphatic carbocycles. The molecule has 6 nitrogen and oxygen atoms in total. The molecule has 0 fully saturated rings. The van der Waals surface area contributed by atoms with E-state index < -0.39 is 23.9 Å². The number of ether oxygens (including phenoxy) is 2. The van der Waals surface area contributed by atoms with E-state index in [9.17, 15) is 19.2 Å². The molecule has 6 heteroatoms. The Morgan fingerprint density at radius 1 is 0.529 bits per heavy atom. The molecular formula is C28H42O6. The minimum absolute atomic E-state index is 0.0795. The van der Waals surface area contributed by atoms with Crippen LogP contribution in [-0.2, 0) is 19.1 Å². The summed E-state index contributed by atoms with van der Waals surface area (Å²) in [5.74, 6) is -3.03. The fourth-order valence-corrected chi connectivity index (χ4v) is 3.71. The lowest BCUT2D eigenvalue weighted by molar-refractivity contribution is -0.139. The molecule has 0 atom stereocenters. The second-order valence-corrected chi connectivity index (χ2v) is 8.81. The lowest BCUT2D eigenvalue weighted by atomic mass is 10.1. The van der Waals surface area contributed by atoms with Gasteiger partial charge in [-0.2, -0.15) is 0 Å². The third kappa shape index (κ3) is 13.3. The molecular weight excluding hydrogens is 432 g/mol. The minimum atomic E-state index is -0.903. The summed E-state index contributed by atoms with van der Waals surface area (Å²) in [6, 6.07) is 5.91. The maximum absolute atomic E-state index is 12.5. The number of unbranched alkanes of at least 4 members (excludes halogenated alkanes) is 12. The van der Waals surface area contributed by atoms with E-state index in [1.807, 2.05) is 0 Å². The molecule has 0 amide bonds. The van der Waals surface area contributed by atoms with Crippen molar-refractivity contribution in [3.05, 3.63) is 35.4 Å². The quantitative estimate of drug-likeness (QED) is 0.126. The van der Waals surface area contributed by atoms with Crippen LogP contribution in [0.3, 0.4) is 0 Å². The Labute approximate surface area is 204 Å². The summed E-state index contributed by atoms with van der Waals surface area (Å²) in [6.45, 7) is 4.33. The summed E-state index contributed by atoms with van der Waals surface area (Å²) >= 11 is 0. The Hall–Kier alpha value is -2.50.